The highest BCUT2D eigenvalue weighted by molar-refractivity contribution is 5.68. The van der Waals surface area contributed by atoms with E-state index in [1.165, 1.54) is 0 Å². The molecule has 2 aromatic rings. The Morgan fingerprint density at radius 2 is 1.64 bits per heavy atom. The fraction of sp³-hybridized carbons (Fsp3) is 0.389. The first-order chi connectivity index (χ1) is 10.5. The van der Waals surface area contributed by atoms with Crippen molar-refractivity contribution in [2.45, 2.75) is 25.6 Å². The summed E-state index contributed by atoms with van der Waals surface area (Å²) >= 11 is 0. The molecule has 0 aliphatic carbocycles. The van der Waals surface area contributed by atoms with Crippen LogP contribution in [-0.4, -0.2) is 32.6 Å². The van der Waals surface area contributed by atoms with Crippen molar-refractivity contribution in [3.63, 3.8) is 0 Å². The lowest BCUT2D eigenvalue weighted by atomic mass is 9.79. The van der Waals surface area contributed by atoms with Gasteiger partial charge in [-0.1, -0.05) is 38.1 Å². The fourth-order valence-corrected chi connectivity index (χ4v) is 2.77. The molecule has 0 N–H and O–H groups in total. The Morgan fingerprint density at radius 3 is 2.18 bits per heavy atom. The van der Waals surface area contributed by atoms with E-state index in [1.54, 1.807) is 21.3 Å². The summed E-state index contributed by atoms with van der Waals surface area (Å²) in [7, 11) is 4.93. The fourth-order valence-electron chi connectivity index (χ4n) is 2.77. The Bertz CT molecular complexity index is 604. The van der Waals surface area contributed by atoms with Crippen LogP contribution in [0.25, 0.3) is 11.1 Å². The van der Waals surface area contributed by atoms with E-state index in [0.717, 1.165) is 16.7 Å². The second-order valence-corrected chi connectivity index (χ2v) is 5.66. The van der Waals surface area contributed by atoms with Crippen LogP contribution in [0.15, 0.2) is 42.6 Å². The Morgan fingerprint density at radius 1 is 0.955 bits per heavy atom. The lowest BCUT2D eigenvalue weighted by molar-refractivity contribution is -0.141. The van der Waals surface area contributed by atoms with Crippen molar-refractivity contribution in [1.82, 2.24) is 4.98 Å². The molecule has 1 aromatic heterocycles. The first kappa shape index (κ1) is 16.5. The molecular formula is C18H23NO3. The van der Waals surface area contributed by atoms with Crippen LogP contribution in [0.3, 0.4) is 0 Å². The highest BCUT2D eigenvalue weighted by Gasteiger charge is 2.33. The zero-order valence-electron chi connectivity index (χ0n) is 13.8. The van der Waals surface area contributed by atoms with Gasteiger partial charge in [0, 0.05) is 37.5 Å². The van der Waals surface area contributed by atoms with Gasteiger partial charge >= 0.3 is 0 Å². The van der Waals surface area contributed by atoms with Crippen molar-refractivity contribution in [2.24, 2.45) is 0 Å². The molecule has 0 fully saturated rings. The molecule has 0 radical (unpaired) electrons. The van der Waals surface area contributed by atoms with Crippen molar-refractivity contribution in [3.05, 3.63) is 48.2 Å². The van der Waals surface area contributed by atoms with Gasteiger partial charge < -0.3 is 14.2 Å². The molecule has 4 nitrogen and oxygen atoms in total. The van der Waals surface area contributed by atoms with Crippen molar-refractivity contribution in [1.29, 1.82) is 0 Å². The summed E-state index contributed by atoms with van der Waals surface area (Å²) in [5, 5.41) is 0. The minimum atomic E-state index is -0.333. The quantitative estimate of drug-likeness (QED) is 0.764. The third kappa shape index (κ3) is 3.13. The Kier molecular flexibility index (Phi) is 5.16. The SMILES string of the molecule is COc1ccc(-c2ccccc2C(C)(C)C(OC)OC)cn1. The van der Waals surface area contributed by atoms with Gasteiger partial charge in [0.05, 0.1) is 7.11 Å². The van der Waals surface area contributed by atoms with Gasteiger partial charge in [0.15, 0.2) is 6.29 Å². The van der Waals surface area contributed by atoms with Crippen LogP contribution < -0.4 is 4.74 Å². The molecule has 0 atom stereocenters. The van der Waals surface area contributed by atoms with Gasteiger partial charge in [-0.05, 0) is 17.2 Å². The molecule has 22 heavy (non-hydrogen) atoms. The van der Waals surface area contributed by atoms with Crippen LogP contribution in [-0.2, 0) is 14.9 Å². The number of hydrogen-bond acceptors (Lipinski definition) is 4. The van der Waals surface area contributed by atoms with Crippen molar-refractivity contribution in [2.75, 3.05) is 21.3 Å². The van der Waals surface area contributed by atoms with Crippen LogP contribution >= 0.6 is 0 Å². The Hall–Kier alpha value is -1.91. The van der Waals surface area contributed by atoms with E-state index in [1.807, 2.05) is 30.5 Å². The summed E-state index contributed by atoms with van der Waals surface area (Å²) in [5.41, 5.74) is 2.99. The van der Waals surface area contributed by atoms with Gasteiger partial charge in [-0.15, -0.1) is 0 Å². The number of benzene rings is 1. The summed E-state index contributed by atoms with van der Waals surface area (Å²) in [6, 6.07) is 12.1. The highest BCUT2D eigenvalue weighted by atomic mass is 16.7. The maximum absolute atomic E-state index is 5.49. The molecule has 0 unspecified atom stereocenters. The van der Waals surface area contributed by atoms with Gasteiger partial charge in [-0.2, -0.15) is 0 Å². The smallest absolute Gasteiger partial charge is 0.212 e. The lowest BCUT2D eigenvalue weighted by Gasteiger charge is -2.34. The molecule has 0 saturated heterocycles. The van der Waals surface area contributed by atoms with Crippen LogP contribution in [0.4, 0.5) is 0 Å². The largest absolute Gasteiger partial charge is 0.481 e. The summed E-state index contributed by atoms with van der Waals surface area (Å²) in [4.78, 5) is 4.30. The zero-order chi connectivity index (χ0) is 16.2. The van der Waals surface area contributed by atoms with E-state index < -0.39 is 0 Å². The molecule has 1 aromatic carbocycles. The van der Waals surface area contributed by atoms with Crippen LogP contribution in [0.2, 0.25) is 0 Å². The first-order valence-electron chi connectivity index (χ1n) is 7.20. The normalized spacial score (nSPS) is 11.7. The zero-order valence-corrected chi connectivity index (χ0v) is 13.8. The molecule has 0 saturated carbocycles. The number of pyridine rings is 1. The van der Waals surface area contributed by atoms with Gasteiger partial charge in [0.25, 0.3) is 0 Å². The minimum Gasteiger partial charge on any atom is -0.481 e. The standard InChI is InChI=1S/C18H23NO3/c1-18(2,17(21-4)22-5)15-9-7-6-8-14(15)13-10-11-16(20-3)19-12-13/h6-12,17H,1-5H3. The van der Waals surface area contributed by atoms with E-state index in [-0.39, 0.29) is 11.7 Å². The molecule has 0 aliphatic heterocycles. The average molecular weight is 301 g/mol. The number of rotatable bonds is 6. The molecule has 118 valence electrons. The Labute approximate surface area is 132 Å². The minimum absolute atomic E-state index is 0.306. The number of ether oxygens (including phenoxy) is 3. The van der Waals surface area contributed by atoms with E-state index in [4.69, 9.17) is 14.2 Å². The summed E-state index contributed by atoms with van der Waals surface area (Å²) in [6.45, 7) is 4.22. The van der Waals surface area contributed by atoms with Crippen molar-refractivity contribution >= 4 is 0 Å². The number of nitrogens with zero attached hydrogens (tertiary/aromatic N) is 1. The third-order valence-electron chi connectivity index (χ3n) is 3.90. The molecule has 2 rings (SSSR count). The predicted octanol–water partition coefficient (Wildman–Crippen LogP) is 3.65. The Balaban J connectivity index is 2.50. The molecule has 0 aliphatic rings. The summed E-state index contributed by atoms with van der Waals surface area (Å²) in [6.07, 6.45) is 1.49. The topological polar surface area (TPSA) is 40.6 Å². The van der Waals surface area contributed by atoms with E-state index >= 15 is 0 Å². The molecule has 1 heterocycles. The first-order valence-corrected chi connectivity index (χ1v) is 7.20. The lowest BCUT2D eigenvalue weighted by Crippen LogP contribution is -2.37. The van der Waals surface area contributed by atoms with Crippen molar-refractivity contribution in [3.8, 4) is 17.0 Å². The predicted molar refractivity (Wildman–Crippen MR) is 87.1 cm³/mol. The third-order valence-corrected chi connectivity index (χ3v) is 3.90. The molecule has 0 bridgehead atoms. The van der Waals surface area contributed by atoms with E-state index in [2.05, 4.69) is 31.0 Å². The van der Waals surface area contributed by atoms with Crippen LogP contribution in [0, 0.1) is 0 Å². The monoisotopic (exact) mass is 301 g/mol. The number of hydrogen-bond donors (Lipinski definition) is 0. The molecule has 4 heteroatoms. The van der Waals surface area contributed by atoms with Gasteiger partial charge in [0.2, 0.25) is 5.88 Å². The summed E-state index contributed by atoms with van der Waals surface area (Å²) < 4.78 is 16.1. The maximum Gasteiger partial charge on any atom is 0.212 e. The van der Waals surface area contributed by atoms with E-state index in [9.17, 15) is 0 Å². The van der Waals surface area contributed by atoms with E-state index in [0.29, 0.717) is 5.88 Å². The average Bonchev–Trinajstić information content (AvgIpc) is 2.56. The number of methoxy groups -OCH3 is 3. The second kappa shape index (κ2) is 6.90. The van der Waals surface area contributed by atoms with Gasteiger partial charge in [-0.3, -0.25) is 0 Å². The number of aromatic nitrogens is 1. The molecule has 0 spiro atoms. The molecular weight excluding hydrogens is 278 g/mol. The molecule has 0 amide bonds. The van der Waals surface area contributed by atoms with Crippen molar-refractivity contribution < 1.29 is 14.2 Å². The maximum atomic E-state index is 5.49. The summed E-state index contributed by atoms with van der Waals surface area (Å²) in [5.74, 6) is 0.604. The van der Waals surface area contributed by atoms with Crippen LogP contribution in [0.1, 0.15) is 19.4 Å². The second-order valence-electron chi connectivity index (χ2n) is 5.66. The highest BCUT2D eigenvalue weighted by Crippen LogP contribution is 2.36. The van der Waals surface area contributed by atoms with Crippen LogP contribution in [0.5, 0.6) is 5.88 Å². The van der Waals surface area contributed by atoms with Gasteiger partial charge in [0.1, 0.15) is 0 Å². The van der Waals surface area contributed by atoms with Gasteiger partial charge in [-0.25, -0.2) is 4.98 Å².